The topological polar surface area (TPSA) is 71.1 Å². The molecule has 1 saturated carbocycles. The number of ketones is 1. The SMILES string of the molecule is CCOCC(C)(C)CC=C[C@H]1CCC2(OCCO2)[C@@H]1CCCCCC(=O)C(=O)OC. The number of Topliss-reactive ketones (excluding diaryl/α,β-unsaturated/α-hetero) is 1. The van der Waals surface area contributed by atoms with E-state index in [0.717, 1.165) is 51.7 Å². The van der Waals surface area contributed by atoms with Gasteiger partial charge in [0.1, 0.15) is 0 Å². The fraction of sp³-hybridized carbons (Fsp3) is 0.833. The summed E-state index contributed by atoms with van der Waals surface area (Å²) in [6.07, 6.45) is 11.5. The van der Waals surface area contributed by atoms with Gasteiger partial charge in [0.15, 0.2) is 5.79 Å². The third-order valence-corrected chi connectivity index (χ3v) is 6.27. The molecule has 0 amide bonds. The van der Waals surface area contributed by atoms with Crippen LogP contribution >= 0.6 is 0 Å². The molecular formula is C24H40O6. The molecule has 0 aromatic carbocycles. The molecule has 0 aromatic rings. The minimum Gasteiger partial charge on any atom is -0.463 e. The van der Waals surface area contributed by atoms with Gasteiger partial charge in [-0.15, -0.1) is 0 Å². The third kappa shape index (κ3) is 7.17. The third-order valence-electron chi connectivity index (χ3n) is 6.27. The lowest BCUT2D eigenvalue weighted by atomic mass is 9.85. The van der Waals surface area contributed by atoms with Gasteiger partial charge in [-0.25, -0.2) is 4.79 Å². The summed E-state index contributed by atoms with van der Waals surface area (Å²) in [6.45, 7) is 9.35. The molecule has 0 unspecified atom stereocenters. The van der Waals surface area contributed by atoms with Gasteiger partial charge in [0.25, 0.3) is 0 Å². The predicted octanol–water partition coefficient (Wildman–Crippen LogP) is 4.46. The van der Waals surface area contributed by atoms with Gasteiger partial charge in [0, 0.05) is 25.4 Å². The molecule has 0 bridgehead atoms. The van der Waals surface area contributed by atoms with Gasteiger partial charge >= 0.3 is 5.97 Å². The molecule has 1 aliphatic heterocycles. The number of hydrogen-bond donors (Lipinski definition) is 0. The number of unbranched alkanes of at least 4 members (excludes halogenated alkanes) is 2. The van der Waals surface area contributed by atoms with Gasteiger partial charge in [-0.3, -0.25) is 4.79 Å². The standard InChI is InChI=1S/C24H40O6/c1-5-28-18-23(2,3)14-9-10-19-13-15-24(29-16-17-30-24)20(19)11-7-6-8-12-21(25)22(26)27-4/h9-10,19-20H,5-8,11-18H2,1-4H3/t19-,20+/m0/s1. The zero-order chi connectivity index (χ0) is 22.0. The van der Waals surface area contributed by atoms with Crippen LogP contribution in [0.2, 0.25) is 0 Å². The molecule has 2 aliphatic rings. The van der Waals surface area contributed by atoms with Gasteiger partial charge in [0.05, 0.1) is 26.9 Å². The van der Waals surface area contributed by atoms with E-state index >= 15 is 0 Å². The molecule has 0 N–H and O–H groups in total. The highest BCUT2D eigenvalue weighted by Crippen LogP contribution is 2.49. The first-order valence-corrected chi connectivity index (χ1v) is 11.5. The van der Waals surface area contributed by atoms with Crippen LogP contribution in [0.3, 0.4) is 0 Å². The van der Waals surface area contributed by atoms with E-state index in [9.17, 15) is 9.59 Å². The van der Waals surface area contributed by atoms with Crippen molar-refractivity contribution in [2.75, 3.05) is 33.5 Å². The van der Waals surface area contributed by atoms with Crippen LogP contribution in [0.1, 0.15) is 72.1 Å². The molecule has 1 aliphatic carbocycles. The maximum Gasteiger partial charge on any atom is 0.374 e. The zero-order valence-electron chi connectivity index (χ0n) is 19.2. The van der Waals surface area contributed by atoms with E-state index in [-0.39, 0.29) is 11.8 Å². The van der Waals surface area contributed by atoms with E-state index < -0.39 is 17.5 Å². The minimum atomic E-state index is -0.741. The summed E-state index contributed by atoms with van der Waals surface area (Å²) >= 11 is 0. The Morgan fingerprint density at radius 3 is 2.57 bits per heavy atom. The van der Waals surface area contributed by atoms with Gasteiger partial charge in [-0.05, 0) is 43.9 Å². The molecule has 2 atom stereocenters. The molecule has 0 aromatic heterocycles. The van der Waals surface area contributed by atoms with Crippen LogP contribution in [0, 0.1) is 17.3 Å². The Morgan fingerprint density at radius 1 is 1.17 bits per heavy atom. The average molecular weight is 425 g/mol. The van der Waals surface area contributed by atoms with Crippen LogP contribution in [0.4, 0.5) is 0 Å². The van der Waals surface area contributed by atoms with E-state index in [1.165, 1.54) is 7.11 Å². The summed E-state index contributed by atoms with van der Waals surface area (Å²) in [5.41, 5.74) is 0.130. The first kappa shape index (κ1) is 25.0. The lowest BCUT2D eigenvalue weighted by Crippen LogP contribution is -2.36. The molecule has 1 spiro atoms. The van der Waals surface area contributed by atoms with Crippen LogP contribution in [0.15, 0.2) is 12.2 Å². The molecular weight excluding hydrogens is 384 g/mol. The van der Waals surface area contributed by atoms with Crippen LogP contribution in [-0.2, 0) is 28.5 Å². The number of allylic oxidation sites excluding steroid dienone is 2. The zero-order valence-corrected chi connectivity index (χ0v) is 19.2. The highest BCUT2D eigenvalue weighted by Gasteiger charge is 2.51. The molecule has 6 heteroatoms. The summed E-state index contributed by atoms with van der Waals surface area (Å²) in [6, 6.07) is 0. The van der Waals surface area contributed by atoms with E-state index in [1.807, 2.05) is 6.92 Å². The van der Waals surface area contributed by atoms with Crippen molar-refractivity contribution in [3.8, 4) is 0 Å². The normalized spacial score (nSPS) is 23.5. The lowest BCUT2D eigenvalue weighted by Gasteiger charge is -2.31. The molecule has 1 saturated heterocycles. The summed E-state index contributed by atoms with van der Waals surface area (Å²) in [7, 11) is 1.24. The molecule has 172 valence electrons. The number of carbonyl (C=O) groups excluding carboxylic acids is 2. The lowest BCUT2D eigenvalue weighted by molar-refractivity contribution is -0.186. The van der Waals surface area contributed by atoms with Crippen molar-refractivity contribution in [1.82, 2.24) is 0 Å². The summed E-state index contributed by atoms with van der Waals surface area (Å²) < 4.78 is 22.3. The highest BCUT2D eigenvalue weighted by molar-refractivity contribution is 6.33. The fourth-order valence-corrected chi connectivity index (χ4v) is 4.62. The Balaban J connectivity index is 1.86. The fourth-order valence-electron chi connectivity index (χ4n) is 4.62. The van der Waals surface area contributed by atoms with Crippen LogP contribution < -0.4 is 0 Å². The van der Waals surface area contributed by atoms with Crippen LogP contribution in [-0.4, -0.2) is 51.1 Å². The Kier molecular flexibility index (Phi) is 9.98. The second kappa shape index (κ2) is 12.0. The molecule has 30 heavy (non-hydrogen) atoms. The number of rotatable bonds is 13. The molecule has 0 radical (unpaired) electrons. The summed E-state index contributed by atoms with van der Waals surface area (Å²) in [4.78, 5) is 22.8. The summed E-state index contributed by atoms with van der Waals surface area (Å²) in [5, 5.41) is 0. The highest BCUT2D eigenvalue weighted by atomic mass is 16.7. The van der Waals surface area contributed by atoms with E-state index in [1.54, 1.807) is 0 Å². The van der Waals surface area contributed by atoms with Crippen molar-refractivity contribution in [2.45, 2.75) is 77.9 Å². The van der Waals surface area contributed by atoms with Crippen molar-refractivity contribution < 1.29 is 28.5 Å². The second-order valence-electron chi connectivity index (χ2n) is 9.27. The van der Waals surface area contributed by atoms with Gasteiger partial charge in [-0.2, -0.15) is 0 Å². The molecule has 2 fully saturated rings. The van der Waals surface area contributed by atoms with Crippen molar-refractivity contribution >= 4 is 11.8 Å². The van der Waals surface area contributed by atoms with Crippen molar-refractivity contribution in [1.29, 1.82) is 0 Å². The van der Waals surface area contributed by atoms with Gasteiger partial charge < -0.3 is 18.9 Å². The second-order valence-corrected chi connectivity index (χ2v) is 9.27. The number of methoxy groups -OCH3 is 1. The van der Waals surface area contributed by atoms with Crippen LogP contribution in [0.25, 0.3) is 0 Å². The quantitative estimate of drug-likeness (QED) is 0.188. The summed E-state index contributed by atoms with van der Waals surface area (Å²) in [5.74, 6) is -0.828. The van der Waals surface area contributed by atoms with Crippen LogP contribution in [0.5, 0.6) is 0 Å². The molecule has 2 rings (SSSR count). The number of carbonyl (C=O) groups is 2. The Morgan fingerprint density at radius 2 is 1.90 bits per heavy atom. The van der Waals surface area contributed by atoms with Crippen molar-refractivity contribution in [3.05, 3.63) is 12.2 Å². The number of esters is 1. The first-order chi connectivity index (χ1) is 14.3. The Bertz CT molecular complexity index is 576. The maximum atomic E-state index is 11.6. The predicted molar refractivity (Wildman–Crippen MR) is 115 cm³/mol. The monoisotopic (exact) mass is 424 g/mol. The number of ether oxygens (including phenoxy) is 4. The molecule has 6 nitrogen and oxygen atoms in total. The van der Waals surface area contributed by atoms with Gasteiger partial charge in [-0.1, -0.05) is 38.8 Å². The van der Waals surface area contributed by atoms with Gasteiger partial charge in [0.2, 0.25) is 5.78 Å². The van der Waals surface area contributed by atoms with E-state index in [4.69, 9.17) is 14.2 Å². The first-order valence-electron chi connectivity index (χ1n) is 11.5. The van der Waals surface area contributed by atoms with Crippen molar-refractivity contribution in [2.24, 2.45) is 17.3 Å². The number of hydrogen-bond acceptors (Lipinski definition) is 6. The minimum absolute atomic E-state index is 0.130. The molecule has 1 heterocycles. The van der Waals surface area contributed by atoms with Crippen molar-refractivity contribution in [3.63, 3.8) is 0 Å². The smallest absolute Gasteiger partial charge is 0.374 e. The van der Waals surface area contributed by atoms with E-state index in [0.29, 0.717) is 31.5 Å². The average Bonchev–Trinajstić information content (AvgIpc) is 3.33. The maximum absolute atomic E-state index is 11.6. The van der Waals surface area contributed by atoms with E-state index in [2.05, 4.69) is 30.7 Å². The Labute approximate surface area is 181 Å². The largest absolute Gasteiger partial charge is 0.463 e. The Hall–Kier alpha value is -1.24.